The number of aromatic nitrogens is 4. The van der Waals surface area contributed by atoms with Crippen molar-refractivity contribution in [1.29, 1.82) is 0 Å². The molecular weight excluding hydrogens is 464 g/mol. The summed E-state index contributed by atoms with van der Waals surface area (Å²) < 4.78 is 8.70. The number of fused-ring (bicyclic) bond motifs is 1. The second-order valence-corrected chi connectivity index (χ2v) is 8.53. The van der Waals surface area contributed by atoms with Gasteiger partial charge in [-0.1, -0.05) is 48.0 Å². The van der Waals surface area contributed by atoms with E-state index in [0.717, 1.165) is 16.8 Å². The number of esters is 1. The van der Waals surface area contributed by atoms with E-state index in [1.807, 2.05) is 61.7 Å². The SMILES string of the molecule is Cc1cccn2c(=O)cc(COC(=O)Cc3cn(-c4ccccc4)nc3-c3ccc(Cl)cc3)nc12. The first-order chi connectivity index (χ1) is 17.0. The molecule has 0 radical (unpaired) electrons. The van der Waals surface area contributed by atoms with Crippen molar-refractivity contribution < 1.29 is 9.53 Å². The van der Waals surface area contributed by atoms with Crippen molar-refractivity contribution >= 4 is 23.2 Å². The van der Waals surface area contributed by atoms with Gasteiger partial charge in [-0.3, -0.25) is 14.0 Å². The Hall–Kier alpha value is -4.23. The van der Waals surface area contributed by atoms with Gasteiger partial charge in [0.05, 0.1) is 23.5 Å². The Morgan fingerprint density at radius 1 is 1.03 bits per heavy atom. The van der Waals surface area contributed by atoms with Gasteiger partial charge in [-0.25, -0.2) is 9.67 Å². The lowest BCUT2D eigenvalue weighted by atomic mass is 10.1. The van der Waals surface area contributed by atoms with Gasteiger partial charge in [0.15, 0.2) is 0 Å². The van der Waals surface area contributed by atoms with Crippen LogP contribution in [0.1, 0.15) is 16.8 Å². The third-order valence-corrected chi connectivity index (χ3v) is 5.84. The minimum atomic E-state index is -0.445. The number of halogens is 1. The number of carbonyl (C=O) groups is 1. The maximum atomic E-state index is 12.8. The van der Waals surface area contributed by atoms with Crippen molar-refractivity contribution in [1.82, 2.24) is 19.2 Å². The molecule has 0 aliphatic heterocycles. The van der Waals surface area contributed by atoms with Crippen molar-refractivity contribution in [2.45, 2.75) is 20.0 Å². The molecule has 0 saturated heterocycles. The standard InChI is InChI=1S/C27H21ClN4O3/c1-18-6-5-13-31-24(33)15-22(29-27(18)31)17-35-25(34)14-20-16-32(23-7-3-2-4-8-23)30-26(20)19-9-11-21(28)12-10-19/h2-13,15-16H,14,17H2,1H3. The summed E-state index contributed by atoms with van der Waals surface area (Å²) in [6.07, 6.45) is 3.50. The number of hydrogen-bond acceptors (Lipinski definition) is 5. The summed E-state index contributed by atoms with van der Waals surface area (Å²) in [5, 5.41) is 5.33. The molecule has 0 unspecified atom stereocenters. The van der Waals surface area contributed by atoms with E-state index in [4.69, 9.17) is 21.4 Å². The maximum Gasteiger partial charge on any atom is 0.310 e. The zero-order valence-corrected chi connectivity index (χ0v) is 19.6. The average Bonchev–Trinajstić information content (AvgIpc) is 3.28. The molecule has 8 heteroatoms. The Bertz CT molecular complexity index is 1570. The molecule has 2 aromatic carbocycles. The second kappa shape index (κ2) is 9.56. The van der Waals surface area contributed by atoms with E-state index in [0.29, 0.717) is 27.6 Å². The highest BCUT2D eigenvalue weighted by Crippen LogP contribution is 2.26. The lowest BCUT2D eigenvalue weighted by molar-refractivity contribution is -0.144. The van der Waals surface area contributed by atoms with Gasteiger partial charge in [0.25, 0.3) is 5.56 Å². The zero-order valence-electron chi connectivity index (χ0n) is 18.9. The minimum absolute atomic E-state index is 0.0103. The normalized spacial score (nSPS) is 11.0. The predicted octanol–water partition coefficient (Wildman–Crippen LogP) is 4.79. The minimum Gasteiger partial charge on any atom is -0.459 e. The van der Waals surface area contributed by atoms with Crippen LogP contribution in [0.5, 0.6) is 0 Å². The van der Waals surface area contributed by atoms with E-state index in [-0.39, 0.29) is 18.6 Å². The van der Waals surface area contributed by atoms with Gasteiger partial charge in [0, 0.05) is 34.6 Å². The van der Waals surface area contributed by atoms with Crippen LogP contribution in [-0.4, -0.2) is 25.1 Å². The molecule has 3 aromatic heterocycles. The summed E-state index contributed by atoms with van der Waals surface area (Å²) in [7, 11) is 0. The first kappa shape index (κ1) is 22.6. The van der Waals surface area contributed by atoms with E-state index in [9.17, 15) is 9.59 Å². The van der Waals surface area contributed by atoms with Gasteiger partial charge < -0.3 is 4.74 Å². The van der Waals surface area contributed by atoms with Crippen LogP contribution in [0, 0.1) is 6.92 Å². The Kier molecular flexibility index (Phi) is 6.16. The molecule has 0 N–H and O–H groups in total. The molecule has 0 aliphatic rings. The lowest BCUT2D eigenvalue weighted by Crippen LogP contribution is -2.17. The molecule has 0 fully saturated rings. The molecule has 35 heavy (non-hydrogen) atoms. The monoisotopic (exact) mass is 484 g/mol. The molecule has 174 valence electrons. The van der Waals surface area contributed by atoms with Crippen molar-refractivity contribution in [3.63, 3.8) is 0 Å². The van der Waals surface area contributed by atoms with Crippen LogP contribution in [0.3, 0.4) is 0 Å². The van der Waals surface area contributed by atoms with Gasteiger partial charge in [0.1, 0.15) is 12.3 Å². The fourth-order valence-corrected chi connectivity index (χ4v) is 3.97. The van der Waals surface area contributed by atoms with Gasteiger partial charge >= 0.3 is 5.97 Å². The smallest absolute Gasteiger partial charge is 0.310 e. The Labute approximate surface area is 206 Å². The number of aryl methyl sites for hydroxylation is 1. The number of hydrogen-bond donors (Lipinski definition) is 0. The van der Waals surface area contributed by atoms with Gasteiger partial charge in [-0.2, -0.15) is 5.10 Å². The number of ether oxygens (including phenoxy) is 1. The number of pyridine rings is 1. The summed E-state index contributed by atoms with van der Waals surface area (Å²) in [4.78, 5) is 29.7. The second-order valence-electron chi connectivity index (χ2n) is 8.10. The van der Waals surface area contributed by atoms with E-state index < -0.39 is 5.97 Å². The molecule has 5 rings (SSSR count). The summed E-state index contributed by atoms with van der Waals surface area (Å²) in [6, 6.07) is 22.0. The topological polar surface area (TPSA) is 78.5 Å². The van der Waals surface area contributed by atoms with E-state index in [1.54, 1.807) is 29.1 Å². The highest BCUT2D eigenvalue weighted by Gasteiger charge is 2.17. The molecule has 0 aliphatic carbocycles. The van der Waals surface area contributed by atoms with Crippen LogP contribution >= 0.6 is 11.6 Å². The van der Waals surface area contributed by atoms with Crippen LogP contribution in [-0.2, 0) is 22.6 Å². The first-order valence-corrected chi connectivity index (χ1v) is 11.4. The molecular formula is C27H21ClN4O3. The molecule has 5 aromatic rings. The van der Waals surface area contributed by atoms with Crippen molar-refractivity contribution in [2.24, 2.45) is 0 Å². The van der Waals surface area contributed by atoms with Crippen LogP contribution in [0.15, 0.2) is 90.0 Å². The van der Waals surface area contributed by atoms with E-state index in [2.05, 4.69) is 4.98 Å². The molecule has 7 nitrogen and oxygen atoms in total. The van der Waals surface area contributed by atoms with Crippen molar-refractivity contribution in [3.8, 4) is 16.9 Å². The van der Waals surface area contributed by atoms with Crippen LogP contribution < -0.4 is 5.56 Å². The predicted molar refractivity (Wildman–Crippen MR) is 134 cm³/mol. The van der Waals surface area contributed by atoms with Gasteiger partial charge in [0.2, 0.25) is 0 Å². The number of nitrogens with zero attached hydrogens (tertiary/aromatic N) is 4. The third kappa shape index (κ3) is 4.85. The molecule has 0 bridgehead atoms. The van der Waals surface area contributed by atoms with Crippen LogP contribution in [0.2, 0.25) is 5.02 Å². The zero-order chi connectivity index (χ0) is 24.4. The highest BCUT2D eigenvalue weighted by atomic mass is 35.5. The molecule has 0 spiro atoms. The first-order valence-electron chi connectivity index (χ1n) is 11.0. The Balaban J connectivity index is 1.39. The van der Waals surface area contributed by atoms with Crippen LogP contribution in [0.4, 0.5) is 0 Å². The fraction of sp³-hybridized carbons (Fsp3) is 0.111. The van der Waals surface area contributed by atoms with Gasteiger partial charge in [-0.15, -0.1) is 0 Å². The summed E-state index contributed by atoms with van der Waals surface area (Å²) in [5.74, 6) is -0.445. The Morgan fingerprint density at radius 2 is 1.80 bits per heavy atom. The van der Waals surface area contributed by atoms with Crippen molar-refractivity contribution in [2.75, 3.05) is 0 Å². The highest BCUT2D eigenvalue weighted by molar-refractivity contribution is 6.30. The Morgan fingerprint density at radius 3 is 2.57 bits per heavy atom. The third-order valence-electron chi connectivity index (χ3n) is 5.58. The van der Waals surface area contributed by atoms with E-state index in [1.165, 1.54) is 10.5 Å². The fourth-order valence-electron chi connectivity index (χ4n) is 3.85. The number of carbonyl (C=O) groups excluding carboxylic acids is 1. The quantitative estimate of drug-likeness (QED) is 0.324. The number of rotatable bonds is 6. The molecule has 0 saturated carbocycles. The number of benzene rings is 2. The summed E-state index contributed by atoms with van der Waals surface area (Å²) in [5.41, 5.74) is 4.67. The molecule has 0 amide bonds. The lowest BCUT2D eigenvalue weighted by Gasteiger charge is -2.07. The van der Waals surface area contributed by atoms with Crippen LogP contribution in [0.25, 0.3) is 22.6 Å². The summed E-state index contributed by atoms with van der Waals surface area (Å²) in [6.45, 7) is 1.78. The van der Waals surface area contributed by atoms with Crippen molar-refractivity contribution in [3.05, 3.63) is 117 Å². The largest absolute Gasteiger partial charge is 0.459 e. The van der Waals surface area contributed by atoms with Gasteiger partial charge in [-0.05, 0) is 42.8 Å². The average molecular weight is 485 g/mol. The summed E-state index contributed by atoms with van der Waals surface area (Å²) >= 11 is 6.05. The number of para-hydroxylation sites is 1. The molecule has 0 atom stereocenters. The molecule has 3 heterocycles. The maximum absolute atomic E-state index is 12.8. The van der Waals surface area contributed by atoms with E-state index >= 15 is 0 Å².